The number of para-hydroxylation sites is 2. The highest BCUT2D eigenvalue weighted by atomic mass is 32.1. The number of nitrogens with two attached hydrogens (primary N) is 1. The first-order chi connectivity index (χ1) is 9.83. The van der Waals surface area contributed by atoms with Crippen LogP contribution in [0.15, 0.2) is 36.4 Å². The van der Waals surface area contributed by atoms with Crippen LogP contribution in [0.25, 0.3) is 0 Å². The van der Waals surface area contributed by atoms with Gasteiger partial charge in [0.1, 0.15) is 6.61 Å². The van der Waals surface area contributed by atoms with Crippen molar-refractivity contribution in [3.63, 3.8) is 0 Å². The summed E-state index contributed by atoms with van der Waals surface area (Å²) in [5.74, 6) is 7.40. The quantitative estimate of drug-likeness (QED) is 0.860. The Kier molecular flexibility index (Phi) is 5.48. The molecule has 4 heteroatoms. The highest BCUT2D eigenvalue weighted by Crippen LogP contribution is 2.28. The fraction of sp³-hybridized carbons (Fsp3) is 0.250. The lowest BCUT2D eigenvalue weighted by Crippen LogP contribution is -1.98. The van der Waals surface area contributed by atoms with Gasteiger partial charge in [-0.2, -0.15) is 0 Å². The molecule has 2 N–H and O–H groups in total. The van der Waals surface area contributed by atoms with Gasteiger partial charge in [-0.05, 0) is 31.2 Å². The van der Waals surface area contributed by atoms with Gasteiger partial charge in [-0.25, -0.2) is 0 Å². The molecule has 2 rings (SSSR count). The van der Waals surface area contributed by atoms with Crippen molar-refractivity contribution in [1.29, 1.82) is 0 Å². The van der Waals surface area contributed by atoms with E-state index in [1.807, 2.05) is 43.3 Å². The second-order valence-corrected chi connectivity index (χ2v) is 5.11. The minimum absolute atomic E-state index is 0.380. The zero-order chi connectivity index (χ0) is 14.2. The van der Waals surface area contributed by atoms with E-state index in [0.717, 1.165) is 21.3 Å². The highest BCUT2D eigenvalue weighted by molar-refractivity contribution is 7.12. The van der Waals surface area contributed by atoms with Crippen molar-refractivity contribution in [2.24, 2.45) is 5.73 Å². The average molecular weight is 287 g/mol. The van der Waals surface area contributed by atoms with E-state index in [4.69, 9.17) is 15.2 Å². The van der Waals surface area contributed by atoms with Gasteiger partial charge >= 0.3 is 0 Å². The lowest BCUT2D eigenvalue weighted by molar-refractivity contribution is 0.271. The molecule has 1 heterocycles. The summed E-state index contributed by atoms with van der Waals surface area (Å²) in [6.07, 6.45) is 0. The average Bonchev–Trinajstić information content (AvgIpc) is 2.92. The molecule has 2 aromatic rings. The van der Waals surface area contributed by atoms with Crippen molar-refractivity contribution in [1.82, 2.24) is 0 Å². The van der Waals surface area contributed by atoms with Crippen LogP contribution < -0.4 is 15.2 Å². The zero-order valence-corrected chi connectivity index (χ0v) is 12.2. The molecule has 0 bridgehead atoms. The van der Waals surface area contributed by atoms with Crippen LogP contribution in [0.2, 0.25) is 0 Å². The van der Waals surface area contributed by atoms with E-state index in [1.165, 1.54) is 0 Å². The number of rotatable bonds is 5. The van der Waals surface area contributed by atoms with E-state index in [0.29, 0.717) is 19.8 Å². The second-order valence-electron chi connectivity index (χ2n) is 3.94. The molecule has 0 spiro atoms. The molecular formula is C16H17NO2S. The number of benzene rings is 1. The van der Waals surface area contributed by atoms with Crippen LogP contribution >= 0.6 is 11.3 Å². The highest BCUT2D eigenvalue weighted by Gasteiger charge is 2.05. The Bertz CT molecular complexity index is 610. The normalized spacial score (nSPS) is 9.70. The van der Waals surface area contributed by atoms with Crippen LogP contribution in [0.1, 0.15) is 16.7 Å². The van der Waals surface area contributed by atoms with Crippen molar-refractivity contribution in [2.75, 3.05) is 13.2 Å². The largest absolute Gasteiger partial charge is 0.490 e. The van der Waals surface area contributed by atoms with Gasteiger partial charge in [0.15, 0.2) is 11.5 Å². The molecule has 104 valence electrons. The van der Waals surface area contributed by atoms with Crippen LogP contribution in [0.5, 0.6) is 11.5 Å². The number of thiophene rings is 1. The van der Waals surface area contributed by atoms with E-state index in [9.17, 15) is 0 Å². The van der Waals surface area contributed by atoms with E-state index >= 15 is 0 Å². The van der Waals surface area contributed by atoms with Crippen molar-refractivity contribution in [2.45, 2.75) is 13.5 Å². The van der Waals surface area contributed by atoms with Gasteiger partial charge in [-0.15, -0.1) is 11.3 Å². The van der Waals surface area contributed by atoms with Gasteiger partial charge in [-0.1, -0.05) is 24.0 Å². The lowest BCUT2D eigenvalue weighted by Gasteiger charge is -2.10. The Morgan fingerprint density at radius 2 is 1.85 bits per heavy atom. The molecule has 3 nitrogen and oxygen atoms in total. The summed E-state index contributed by atoms with van der Waals surface area (Å²) in [6, 6.07) is 11.7. The van der Waals surface area contributed by atoms with Gasteiger partial charge in [-0.3, -0.25) is 0 Å². The number of hydrogen-bond acceptors (Lipinski definition) is 4. The van der Waals surface area contributed by atoms with Crippen LogP contribution in [-0.4, -0.2) is 13.2 Å². The molecule has 20 heavy (non-hydrogen) atoms. The van der Waals surface area contributed by atoms with E-state index < -0.39 is 0 Å². The minimum Gasteiger partial charge on any atom is -0.490 e. The van der Waals surface area contributed by atoms with Gasteiger partial charge in [0.2, 0.25) is 0 Å². The third kappa shape index (κ3) is 4.02. The maximum absolute atomic E-state index is 5.81. The molecule has 1 aromatic heterocycles. The molecule has 0 radical (unpaired) electrons. The van der Waals surface area contributed by atoms with Gasteiger partial charge in [0.25, 0.3) is 0 Å². The molecular weight excluding hydrogens is 270 g/mol. The fourth-order valence-corrected chi connectivity index (χ4v) is 2.45. The SMILES string of the molecule is CCOc1ccccc1OCc1ccc(C#CCN)s1. The summed E-state index contributed by atoms with van der Waals surface area (Å²) in [6.45, 7) is 3.47. The van der Waals surface area contributed by atoms with Crippen molar-refractivity contribution in [3.8, 4) is 23.3 Å². The molecule has 0 atom stereocenters. The summed E-state index contributed by atoms with van der Waals surface area (Å²) in [5.41, 5.74) is 5.36. The third-order valence-electron chi connectivity index (χ3n) is 2.49. The van der Waals surface area contributed by atoms with Crippen molar-refractivity contribution in [3.05, 3.63) is 46.2 Å². The summed E-state index contributed by atoms with van der Waals surface area (Å²) in [7, 11) is 0. The topological polar surface area (TPSA) is 44.5 Å². The first kappa shape index (κ1) is 14.4. The standard InChI is InChI=1S/C16H17NO2S/c1-2-18-15-7-3-4-8-16(15)19-12-14-10-9-13(20-14)6-5-11-17/h3-4,7-10H,2,11-12,17H2,1H3. The number of ether oxygens (including phenoxy) is 2. The van der Waals surface area contributed by atoms with Gasteiger partial charge < -0.3 is 15.2 Å². The van der Waals surface area contributed by atoms with E-state index in [2.05, 4.69) is 11.8 Å². The van der Waals surface area contributed by atoms with E-state index in [-0.39, 0.29) is 0 Å². The Morgan fingerprint density at radius 1 is 1.10 bits per heavy atom. The fourth-order valence-electron chi connectivity index (χ4n) is 1.65. The minimum atomic E-state index is 0.380. The predicted molar refractivity (Wildman–Crippen MR) is 82.2 cm³/mol. The first-order valence-electron chi connectivity index (χ1n) is 6.45. The molecule has 0 aliphatic carbocycles. The van der Waals surface area contributed by atoms with Gasteiger partial charge in [0, 0.05) is 4.88 Å². The summed E-state index contributed by atoms with van der Waals surface area (Å²) < 4.78 is 11.3. The Balaban J connectivity index is 2.00. The Morgan fingerprint density at radius 3 is 2.55 bits per heavy atom. The monoisotopic (exact) mass is 287 g/mol. The molecule has 0 amide bonds. The van der Waals surface area contributed by atoms with Crippen LogP contribution in [0, 0.1) is 11.8 Å². The third-order valence-corrected chi connectivity index (χ3v) is 3.47. The Hall–Kier alpha value is -1.96. The molecule has 0 unspecified atom stereocenters. The molecule has 1 aromatic carbocycles. The molecule has 0 fully saturated rings. The second kappa shape index (κ2) is 7.59. The molecule has 0 saturated carbocycles. The molecule has 0 saturated heterocycles. The molecule has 0 aliphatic rings. The lowest BCUT2D eigenvalue weighted by atomic mass is 10.3. The van der Waals surface area contributed by atoms with E-state index in [1.54, 1.807) is 11.3 Å². The van der Waals surface area contributed by atoms with Crippen molar-refractivity contribution < 1.29 is 9.47 Å². The maximum Gasteiger partial charge on any atom is 0.161 e. The molecule has 0 aliphatic heterocycles. The van der Waals surface area contributed by atoms with Crippen LogP contribution in [0.3, 0.4) is 0 Å². The summed E-state index contributed by atoms with van der Waals surface area (Å²) in [5, 5.41) is 0. The smallest absolute Gasteiger partial charge is 0.161 e. The van der Waals surface area contributed by atoms with Crippen molar-refractivity contribution >= 4 is 11.3 Å². The zero-order valence-electron chi connectivity index (χ0n) is 11.4. The van der Waals surface area contributed by atoms with Crippen LogP contribution in [0.4, 0.5) is 0 Å². The summed E-state index contributed by atoms with van der Waals surface area (Å²) in [4.78, 5) is 2.13. The summed E-state index contributed by atoms with van der Waals surface area (Å²) >= 11 is 1.62. The first-order valence-corrected chi connectivity index (χ1v) is 7.27. The Labute approximate surface area is 123 Å². The van der Waals surface area contributed by atoms with Crippen LogP contribution in [-0.2, 0) is 6.61 Å². The van der Waals surface area contributed by atoms with Gasteiger partial charge in [0.05, 0.1) is 18.0 Å². The maximum atomic E-state index is 5.81. The predicted octanol–water partition coefficient (Wildman–Crippen LogP) is 3.04. The number of hydrogen-bond donors (Lipinski definition) is 1.